The van der Waals surface area contributed by atoms with Crippen LogP contribution in [-0.2, 0) is 4.79 Å². The third-order valence-electron chi connectivity index (χ3n) is 5.87. The van der Waals surface area contributed by atoms with Crippen LogP contribution in [-0.4, -0.2) is 53.4 Å². The molecule has 1 atom stereocenters. The van der Waals surface area contributed by atoms with Crippen LogP contribution in [0, 0.1) is 5.82 Å². The molecule has 34 heavy (non-hydrogen) atoms. The van der Waals surface area contributed by atoms with Crippen LogP contribution in [0.15, 0.2) is 59.4 Å². The summed E-state index contributed by atoms with van der Waals surface area (Å²) in [5, 5.41) is 4.54. The van der Waals surface area contributed by atoms with E-state index in [-0.39, 0.29) is 16.5 Å². The molecule has 1 fully saturated rings. The molecule has 0 radical (unpaired) electrons. The summed E-state index contributed by atoms with van der Waals surface area (Å²) >= 11 is 5.90. The van der Waals surface area contributed by atoms with Gasteiger partial charge in [-0.3, -0.25) is 9.59 Å². The number of hydrogen-bond donors (Lipinski definition) is 0. The van der Waals surface area contributed by atoms with Crippen LogP contribution in [0.5, 0.6) is 5.75 Å². The number of carbonyl (C=O) groups excluding carboxylic acids is 1. The van der Waals surface area contributed by atoms with Crippen molar-refractivity contribution in [3.05, 3.63) is 75.8 Å². The molecule has 0 bridgehead atoms. The number of benzene rings is 2. The standard InChI is InChI=1S/C25H26ClFN4O3/c1-3-34-20-7-4-18(5-8-20)23-10-11-24(32)31(28-23)17(2)25(33)30-14-12-29(13-15-30)19-6-9-22(27)21(26)16-19/h4-11,16-17H,3,12-15H2,1-2H3. The van der Waals surface area contributed by atoms with Gasteiger partial charge in [-0.05, 0) is 62.4 Å². The maximum Gasteiger partial charge on any atom is 0.267 e. The summed E-state index contributed by atoms with van der Waals surface area (Å²) in [6.07, 6.45) is 0. The number of rotatable bonds is 6. The van der Waals surface area contributed by atoms with Gasteiger partial charge in [0.25, 0.3) is 5.56 Å². The zero-order chi connectivity index (χ0) is 24.2. The van der Waals surface area contributed by atoms with Crippen molar-refractivity contribution in [1.82, 2.24) is 14.7 Å². The smallest absolute Gasteiger partial charge is 0.267 e. The maximum atomic E-state index is 13.5. The molecular weight excluding hydrogens is 459 g/mol. The summed E-state index contributed by atoms with van der Waals surface area (Å²) in [6.45, 7) is 6.29. The molecule has 1 aliphatic rings. The van der Waals surface area contributed by atoms with Crippen molar-refractivity contribution in [1.29, 1.82) is 0 Å². The molecule has 0 spiro atoms. The van der Waals surface area contributed by atoms with Gasteiger partial charge < -0.3 is 14.5 Å². The first-order valence-corrected chi connectivity index (χ1v) is 11.6. The zero-order valence-corrected chi connectivity index (χ0v) is 19.8. The SMILES string of the molecule is CCOc1ccc(-c2ccc(=O)n(C(C)C(=O)N3CCN(c4ccc(F)c(Cl)c4)CC3)n2)cc1. The Hall–Kier alpha value is -3.39. The van der Waals surface area contributed by atoms with Gasteiger partial charge in [-0.15, -0.1) is 0 Å². The molecule has 1 saturated heterocycles. The summed E-state index contributed by atoms with van der Waals surface area (Å²) in [4.78, 5) is 29.5. The topological polar surface area (TPSA) is 67.7 Å². The highest BCUT2D eigenvalue weighted by molar-refractivity contribution is 6.31. The Labute approximate surface area is 202 Å². The van der Waals surface area contributed by atoms with Gasteiger partial charge >= 0.3 is 0 Å². The molecule has 0 saturated carbocycles. The Morgan fingerprint density at radius 3 is 2.44 bits per heavy atom. The van der Waals surface area contributed by atoms with Crippen molar-refractivity contribution in [3.8, 4) is 17.0 Å². The average Bonchev–Trinajstić information content (AvgIpc) is 2.86. The lowest BCUT2D eigenvalue weighted by atomic mass is 10.1. The monoisotopic (exact) mass is 484 g/mol. The van der Waals surface area contributed by atoms with Gasteiger partial charge in [-0.1, -0.05) is 11.6 Å². The van der Waals surface area contributed by atoms with E-state index in [4.69, 9.17) is 16.3 Å². The molecule has 7 nitrogen and oxygen atoms in total. The molecule has 2 heterocycles. The second-order valence-electron chi connectivity index (χ2n) is 8.05. The second kappa shape index (κ2) is 10.3. The lowest BCUT2D eigenvalue weighted by molar-refractivity contribution is -0.135. The van der Waals surface area contributed by atoms with Gasteiger partial charge in [0.05, 0.1) is 17.3 Å². The summed E-state index contributed by atoms with van der Waals surface area (Å²) < 4.78 is 20.2. The van der Waals surface area contributed by atoms with Crippen LogP contribution in [0.2, 0.25) is 5.02 Å². The van der Waals surface area contributed by atoms with E-state index < -0.39 is 11.9 Å². The lowest BCUT2D eigenvalue weighted by Gasteiger charge is -2.37. The molecule has 1 aliphatic heterocycles. The molecule has 3 aromatic rings. The number of carbonyl (C=O) groups is 1. The third kappa shape index (κ3) is 5.07. The highest BCUT2D eigenvalue weighted by Crippen LogP contribution is 2.24. The Balaban J connectivity index is 1.45. The van der Waals surface area contributed by atoms with E-state index >= 15 is 0 Å². The van der Waals surface area contributed by atoms with Gasteiger partial charge in [0.15, 0.2) is 0 Å². The summed E-state index contributed by atoms with van der Waals surface area (Å²) in [5.41, 5.74) is 1.89. The van der Waals surface area contributed by atoms with E-state index in [2.05, 4.69) is 10.00 Å². The number of piperazine rings is 1. The largest absolute Gasteiger partial charge is 0.494 e. The highest BCUT2D eigenvalue weighted by atomic mass is 35.5. The molecule has 0 N–H and O–H groups in total. The van der Waals surface area contributed by atoms with Crippen LogP contribution in [0.4, 0.5) is 10.1 Å². The summed E-state index contributed by atoms with van der Waals surface area (Å²) in [6, 6.07) is 14.4. The van der Waals surface area contributed by atoms with Crippen molar-refractivity contribution in [2.75, 3.05) is 37.7 Å². The fourth-order valence-corrected chi connectivity index (χ4v) is 4.16. The van der Waals surface area contributed by atoms with Crippen LogP contribution in [0.3, 0.4) is 0 Å². The molecule has 9 heteroatoms. The van der Waals surface area contributed by atoms with Crippen LogP contribution >= 0.6 is 11.6 Å². The van der Waals surface area contributed by atoms with Gasteiger partial charge in [0, 0.05) is 43.5 Å². The normalized spacial score (nSPS) is 14.7. The predicted octanol–water partition coefficient (Wildman–Crippen LogP) is 4.01. The molecule has 1 unspecified atom stereocenters. The minimum absolute atomic E-state index is 0.0717. The fraction of sp³-hybridized carbons (Fsp3) is 0.320. The first-order chi connectivity index (χ1) is 16.4. The van der Waals surface area contributed by atoms with Crippen molar-refractivity contribution in [2.45, 2.75) is 19.9 Å². The molecule has 0 aliphatic carbocycles. The zero-order valence-electron chi connectivity index (χ0n) is 19.1. The number of amides is 1. The average molecular weight is 485 g/mol. The van der Waals surface area contributed by atoms with Crippen LogP contribution < -0.4 is 15.2 Å². The molecule has 2 aromatic carbocycles. The van der Waals surface area contributed by atoms with Gasteiger partial charge in [-0.2, -0.15) is 5.10 Å². The van der Waals surface area contributed by atoms with E-state index in [0.29, 0.717) is 38.5 Å². The minimum Gasteiger partial charge on any atom is -0.494 e. The van der Waals surface area contributed by atoms with Gasteiger partial charge in [-0.25, -0.2) is 9.07 Å². The molecule has 1 aromatic heterocycles. The third-order valence-corrected chi connectivity index (χ3v) is 6.16. The molecule has 1 amide bonds. The van der Waals surface area contributed by atoms with Crippen molar-refractivity contribution < 1.29 is 13.9 Å². The lowest BCUT2D eigenvalue weighted by Crippen LogP contribution is -2.51. The van der Waals surface area contributed by atoms with Gasteiger partial charge in [0.2, 0.25) is 5.91 Å². The Morgan fingerprint density at radius 1 is 1.09 bits per heavy atom. The van der Waals surface area contributed by atoms with E-state index in [1.807, 2.05) is 31.2 Å². The first-order valence-electron chi connectivity index (χ1n) is 11.2. The second-order valence-corrected chi connectivity index (χ2v) is 8.45. The number of halogens is 2. The van der Waals surface area contributed by atoms with Crippen molar-refractivity contribution in [2.24, 2.45) is 0 Å². The van der Waals surface area contributed by atoms with Crippen molar-refractivity contribution in [3.63, 3.8) is 0 Å². The maximum absolute atomic E-state index is 13.5. The van der Waals surface area contributed by atoms with Crippen LogP contribution in [0.1, 0.15) is 19.9 Å². The summed E-state index contributed by atoms with van der Waals surface area (Å²) in [5.74, 6) is 0.124. The van der Waals surface area contributed by atoms with Crippen molar-refractivity contribution >= 4 is 23.2 Å². The fourth-order valence-electron chi connectivity index (χ4n) is 3.98. The predicted molar refractivity (Wildman–Crippen MR) is 130 cm³/mol. The number of anilines is 1. The molecule has 4 rings (SSSR count). The van der Waals surface area contributed by atoms with E-state index in [1.54, 1.807) is 30.0 Å². The quantitative estimate of drug-likeness (QED) is 0.529. The number of aromatic nitrogens is 2. The van der Waals surface area contributed by atoms with E-state index in [0.717, 1.165) is 17.0 Å². The minimum atomic E-state index is -0.748. The summed E-state index contributed by atoms with van der Waals surface area (Å²) in [7, 11) is 0. The number of nitrogens with zero attached hydrogens (tertiary/aromatic N) is 4. The highest BCUT2D eigenvalue weighted by Gasteiger charge is 2.27. The number of hydrogen-bond acceptors (Lipinski definition) is 5. The van der Waals surface area contributed by atoms with Crippen LogP contribution in [0.25, 0.3) is 11.3 Å². The Morgan fingerprint density at radius 2 is 1.79 bits per heavy atom. The Bertz CT molecular complexity index is 1220. The Kier molecular flexibility index (Phi) is 7.17. The first kappa shape index (κ1) is 23.8. The molecular formula is C25H26ClFN4O3. The van der Waals surface area contributed by atoms with Gasteiger partial charge in [0.1, 0.15) is 17.6 Å². The van der Waals surface area contributed by atoms with E-state index in [9.17, 15) is 14.0 Å². The van der Waals surface area contributed by atoms with E-state index in [1.165, 1.54) is 16.8 Å². The molecule has 178 valence electrons. The number of ether oxygens (including phenoxy) is 1.